The van der Waals surface area contributed by atoms with Gasteiger partial charge >= 0.3 is 0 Å². The van der Waals surface area contributed by atoms with E-state index in [1.54, 1.807) is 18.2 Å². The molecule has 3 rings (SSSR count). The third-order valence-electron chi connectivity index (χ3n) is 3.13. The fourth-order valence-corrected chi connectivity index (χ4v) is 2.26. The standard InChI is InChI=1S/C15H13ClN4O/c16-12-4-2-1-3-9(12)8-18-15-19-13-6-5-10(17)7-11(13)14(21)20-15/h1-7H,8,17H2,(H2,18,19,20,21). The predicted molar refractivity (Wildman–Crippen MR) is 85.6 cm³/mol. The van der Waals surface area contributed by atoms with E-state index in [9.17, 15) is 4.79 Å². The van der Waals surface area contributed by atoms with E-state index in [4.69, 9.17) is 17.3 Å². The molecule has 0 aliphatic heterocycles. The van der Waals surface area contributed by atoms with Gasteiger partial charge in [-0.25, -0.2) is 4.98 Å². The number of nitrogens with two attached hydrogens (primary N) is 1. The van der Waals surface area contributed by atoms with Crippen LogP contribution in [0.2, 0.25) is 5.02 Å². The first-order valence-corrected chi connectivity index (χ1v) is 6.78. The molecule has 0 saturated carbocycles. The molecule has 0 radical (unpaired) electrons. The quantitative estimate of drug-likeness (QED) is 0.649. The van der Waals surface area contributed by atoms with Crippen LogP contribution in [0.15, 0.2) is 47.3 Å². The fourth-order valence-electron chi connectivity index (χ4n) is 2.06. The van der Waals surface area contributed by atoms with Gasteiger partial charge in [0.25, 0.3) is 5.56 Å². The second-order valence-corrected chi connectivity index (χ2v) is 5.04. The molecule has 21 heavy (non-hydrogen) atoms. The molecule has 1 heterocycles. The number of nitrogens with zero attached hydrogens (tertiary/aromatic N) is 1. The van der Waals surface area contributed by atoms with Gasteiger partial charge in [-0.3, -0.25) is 9.78 Å². The monoisotopic (exact) mass is 300 g/mol. The van der Waals surface area contributed by atoms with Crippen molar-refractivity contribution in [1.29, 1.82) is 0 Å². The minimum absolute atomic E-state index is 0.228. The second kappa shape index (κ2) is 5.46. The maximum absolute atomic E-state index is 12.0. The largest absolute Gasteiger partial charge is 0.399 e. The van der Waals surface area contributed by atoms with E-state index in [0.717, 1.165) is 5.56 Å². The third kappa shape index (κ3) is 2.83. The summed E-state index contributed by atoms with van der Waals surface area (Å²) in [5, 5.41) is 4.21. The van der Waals surface area contributed by atoms with Gasteiger partial charge in [0.2, 0.25) is 5.95 Å². The Kier molecular flexibility index (Phi) is 3.50. The molecule has 6 heteroatoms. The van der Waals surface area contributed by atoms with Crippen LogP contribution in [-0.2, 0) is 6.54 Å². The van der Waals surface area contributed by atoms with Crippen LogP contribution < -0.4 is 16.6 Å². The SMILES string of the molecule is Nc1ccc2nc(NCc3ccccc3Cl)[nH]c(=O)c2c1. The third-order valence-corrected chi connectivity index (χ3v) is 3.50. The first kappa shape index (κ1) is 13.5. The number of anilines is 2. The molecule has 0 amide bonds. The summed E-state index contributed by atoms with van der Waals surface area (Å²) in [4.78, 5) is 19.1. The molecule has 0 aliphatic carbocycles. The van der Waals surface area contributed by atoms with E-state index < -0.39 is 0 Å². The lowest BCUT2D eigenvalue weighted by Crippen LogP contribution is -2.13. The molecule has 3 aromatic rings. The number of aromatic amines is 1. The van der Waals surface area contributed by atoms with Gasteiger partial charge in [-0.2, -0.15) is 0 Å². The van der Waals surface area contributed by atoms with Crippen LogP contribution in [-0.4, -0.2) is 9.97 Å². The summed E-state index contributed by atoms with van der Waals surface area (Å²) >= 11 is 6.09. The number of hydrogen-bond acceptors (Lipinski definition) is 4. The van der Waals surface area contributed by atoms with Crippen LogP contribution in [0.5, 0.6) is 0 Å². The maximum atomic E-state index is 12.0. The van der Waals surface area contributed by atoms with Crippen LogP contribution >= 0.6 is 11.6 Å². The van der Waals surface area contributed by atoms with Crippen molar-refractivity contribution in [2.24, 2.45) is 0 Å². The van der Waals surface area contributed by atoms with Crippen LogP contribution in [0.4, 0.5) is 11.6 Å². The molecular formula is C15H13ClN4O. The number of rotatable bonds is 3. The van der Waals surface area contributed by atoms with E-state index in [0.29, 0.717) is 34.1 Å². The highest BCUT2D eigenvalue weighted by atomic mass is 35.5. The smallest absolute Gasteiger partial charge is 0.260 e. The van der Waals surface area contributed by atoms with E-state index in [1.165, 1.54) is 0 Å². The van der Waals surface area contributed by atoms with Crippen molar-refractivity contribution in [3.63, 3.8) is 0 Å². The Labute approximate surface area is 125 Å². The topological polar surface area (TPSA) is 83.8 Å². The van der Waals surface area contributed by atoms with Gasteiger partial charge in [-0.1, -0.05) is 29.8 Å². The fraction of sp³-hybridized carbons (Fsp3) is 0.0667. The number of nitrogens with one attached hydrogen (secondary N) is 2. The molecule has 1 aromatic heterocycles. The number of aromatic nitrogens is 2. The minimum Gasteiger partial charge on any atom is -0.399 e. The van der Waals surface area contributed by atoms with Crippen LogP contribution in [0.3, 0.4) is 0 Å². The summed E-state index contributed by atoms with van der Waals surface area (Å²) < 4.78 is 0. The van der Waals surface area contributed by atoms with Crippen LogP contribution in [0.1, 0.15) is 5.56 Å². The number of hydrogen-bond donors (Lipinski definition) is 3. The van der Waals surface area contributed by atoms with Crippen molar-refractivity contribution in [1.82, 2.24) is 9.97 Å². The number of fused-ring (bicyclic) bond motifs is 1. The van der Waals surface area contributed by atoms with E-state index in [-0.39, 0.29) is 5.56 Å². The van der Waals surface area contributed by atoms with E-state index >= 15 is 0 Å². The van der Waals surface area contributed by atoms with Crippen molar-refractivity contribution < 1.29 is 0 Å². The summed E-state index contributed by atoms with van der Waals surface area (Å²) in [5.74, 6) is 0.400. The maximum Gasteiger partial charge on any atom is 0.260 e. The lowest BCUT2D eigenvalue weighted by molar-refractivity contribution is 1.06. The van der Waals surface area contributed by atoms with Crippen molar-refractivity contribution in [2.75, 3.05) is 11.1 Å². The lowest BCUT2D eigenvalue weighted by Gasteiger charge is -2.08. The summed E-state index contributed by atoms with van der Waals surface area (Å²) in [6.07, 6.45) is 0. The molecule has 0 bridgehead atoms. The van der Waals surface area contributed by atoms with Crippen LogP contribution in [0.25, 0.3) is 10.9 Å². The Hall–Kier alpha value is -2.53. The van der Waals surface area contributed by atoms with Crippen molar-refractivity contribution in [3.8, 4) is 0 Å². The minimum atomic E-state index is -0.228. The molecule has 0 fully saturated rings. The molecule has 0 aliphatic rings. The molecule has 5 nitrogen and oxygen atoms in total. The Morgan fingerprint density at radius 3 is 2.86 bits per heavy atom. The molecule has 0 spiro atoms. The molecule has 4 N–H and O–H groups in total. The predicted octanol–water partition coefficient (Wildman–Crippen LogP) is 2.77. The number of H-pyrrole nitrogens is 1. The van der Waals surface area contributed by atoms with Gasteiger partial charge in [0.05, 0.1) is 10.9 Å². The van der Waals surface area contributed by atoms with Crippen molar-refractivity contribution in [3.05, 3.63) is 63.4 Å². The highest BCUT2D eigenvalue weighted by molar-refractivity contribution is 6.31. The Bertz CT molecular complexity index is 860. The Morgan fingerprint density at radius 2 is 2.05 bits per heavy atom. The summed E-state index contributed by atoms with van der Waals surface area (Å²) in [5.41, 5.74) is 7.50. The van der Waals surface area contributed by atoms with Crippen molar-refractivity contribution in [2.45, 2.75) is 6.54 Å². The summed E-state index contributed by atoms with van der Waals surface area (Å²) in [6, 6.07) is 12.5. The van der Waals surface area contributed by atoms with E-state index in [1.807, 2.05) is 24.3 Å². The summed E-state index contributed by atoms with van der Waals surface area (Å²) in [6.45, 7) is 0.475. The first-order chi connectivity index (χ1) is 10.1. The van der Waals surface area contributed by atoms with Crippen LogP contribution in [0, 0.1) is 0 Å². The first-order valence-electron chi connectivity index (χ1n) is 6.40. The van der Waals surface area contributed by atoms with Crippen molar-refractivity contribution >= 4 is 34.1 Å². The molecule has 0 unspecified atom stereocenters. The van der Waals surface area contributed by atoms with Gasteiger partial charge in [0.1, 0.15) is 0 Å². The molecular weight excluding hydrogens is 288 g/mol. The molecule has 0 saturated heterocycles. The normalized spacial score (nSPS) is 10.7. The van der Waals surface area contributed by atoms with E-state index in [2.05, 4.69) is 15.3 Å². The van der Waals surface area contributed by atoms with Gasteiger partial charge < -0.3 is 11.1 Å². The van der Waals surface area contributed by atoms with Gasteiger partial charge in [0.15, 0.2) is 0 Å². The van der Waals surface area contributed by atoms with Gasteiger partial charge in [-0.15, -0.1) is 0 Å². The average Bonchev–Trinajstić information content (AvgIpc) is 2.47. The zero-order valence-electron chi connectivity index (χ0n) is 11.1. The average molecular weight is 301 g/mol. The van der Waals surface area contributed by atoms with Gasteiger partial charge in [-0.05, 0) is 29.8 Å². The highest BCUT2D eigenvalue weighted by Crippen LogP contribution is 2.17. The number of nitrogen functional groups attached to an aromatic ring is 1. The zero-order chi connectivity index (χ0) is 14.8. The summed E-state index contributed by atoms with van der Waals surface area (Å²) in [7, 11) is 0. The highest BCUT2D eigenvalue weighted by Gasteiger charge is 2.05. The number of benzene rings is 2. The lowest BCUT2D eigenvalue weighted by atomic mass is 10.2. The zero-order valence-corrected chi connectivity index (χ0v) is 11.8. The number of halogens is 1. The molecule has 2 aromatic carbocycles. The Morgan fingerprint density at radius 1 is 1.24 bits per heavy atom. The van der Waals surface area contributed by atoms with Gasteiger partial charge in [0, 0.05) is 17.3 Å². The molecule has 0 atom stereocenters. The Balaban J connectivity index is 1.90. The second-order valence-electron chi connectivity index (χ2n) is 4.64. The molecule has 106 valence electrons.